The Bertz CT molecular complexity index is 583. The van der Waals surface area contributed by atoms with Crippen LogP contribution in [-0.4, -0.2) is 30.9 Å². The number of aromatic amines is 1. The SMILES string of the molecule is CCOc1ccc(-c2[nH]nc(N(C)C)c2Br)cc1F. The van der Waals surface area contributed by atoms with Crippen LogP contribution in [-0.2, 0) is 0 Å². The van der Waals surface area contributed by atoms with E-state index in [-0.39, 0.29) is 11.6 Å². The summed E-state index contributed by atoms with van der Waals surface area (Å²) in [5, 5.41) is 7.08. The van der Waals surface area contributed by atoms with Crippen molar-refractivity contribution in [2.24, 2.45) is 0 Å². The highest BCUT2D eigenvalue weighted by Crippen LogP contribution is 2.34. The first kappa shape index (κ1) is 13.9. The largest absolute Gasteiger partial charge is 0.491 e. The van der Waals surface area contributed by atoms with E-state index in [2.05, 4.69) is 26.1 Å². The van der Waals surface area contributed by atoms with Crippen molar-refractivity contribution in [3.05, 3.63) is 28.5 Å². The average Bonchev–Trinajstić information content (AvgIpc) is 2.74. The number of hydrogen-bond acceptors (Lipinski definition) is 3. The molecule has 1 aromatic heterocycles. The summed E-state index contributed by atoms with van der Waals surface area (Å²) < 4.78 is 19.8. The summed E-state index contributed by atoms with van der Waals surface area (Å²) in [7, 11) is 3.78. The molecule has 2 rings (SSSR count). The molecule has 1 aromatic carbocycles. The lowest BCUT2D eigenvalue weighted by atomic mass is 10.1. The van der Waals surface area contributed by atoms with Gasteiger partial charge in [0.05, 0.1) is 16.8 Å². The fourth-order valence-corrected chi connectivity index (χ4v) is 2.50. The van der Waals surface area contributed by atoms with Gasteiger partial charge in [-0.2, -0.15) is 5.10 Å². The number of ether oxygens (including phenoxy) is 1. The Labute approximate surface area is 119 Å². The predicted octanol–water partition coefficient (Wildman–Crippen LogP) is 3.44. The molecule has 0 saturated heterocycles. The Morgan fingerprint density at radius 2 is 2.16 bits per heavy atom. The molecule has 0 spiro atoms. The van der Waals surface area contributed by atoms with Crippen molar-refractivity contribution in [2.45, 2.75) is 6.92 Å². The van der Waals surface area contributed by atoms with E-state index < -0.39 is 0 Å². The number of anilines is 1. The van der Waals surface area contributed by atoms with Crippen LogP contribution < -0.4 is 9.64 Å². The average molecular weight is 328 g/mol. The fourth-order valence-electron chi connectivity index (χ4n) is 1.74. The maximum atomic E-state index is 13.8. The Balaban J connectivity index is 2.40. The molecule has 6 heteroatoms. The Morgan fingerprint density at radius 3 is 2.68 bits per heavy atom. The molecular formula is C13H15BrFN3O. The van der Waals surface area contributed by atoms with Gasteiger partial charge < -0.3 is 9.64 Å². The monoisotopic (exact) mass is 327 g/mol. The molecule has 1 N–H and O–H groups in total. The van der Waals surface area contributed by atoms with Crippen molar-refractivity contribution < 1.29 is 9.13 Å². The summed E-state index contributed by atoms with van der Waals surface area (Å²) in [5.74, 6) is 0.645. The van der Waals surface area contributed by atoms with Crippen molar-refractivity contribution in [2.75, 3.05) is 25.6 Å². The van der Waals surface area contributed by atoms with Crippen molar-refractivity contribution in [1.29, 1.82) is 0 Å². The van der Waals surface area contributed by atoms with E-state index >= 15 is 0 Å². The molecule has 0 fully saturated rings. The van der Waals surface area contributed by atoms with Gasteiger partial charge in [0.15, 0.2) is 17.4 Å². The maximum absolute atomic E-state index is 13.8. The Hall–Kier alpha value is -1.56. The lowest BCUT2D eigenvalue weighted by Gasteiger charge is -2.08. The summed E-state index contributed by atoms with van der Waals surface area (Å²) in [5.41, 5.74) is 1.46. The standard InChI is InChI=1S/C13H15BrFN3O/c1-4-19-10-6-5-8(7-9(10)15)12-11(14)13(17-16-12)18(2)3/h5-7H,4H2,1-3H3,(H,16,17). The number of aromatic nitrogens is 2. The summed E-state index contributed by atoms with van der Waals surface area (Å²) in [6.45, 7) is 2.26. The van der Waals surface area contributed by atoms with E-state index in [4.69, 9.17) is 4.74 Å². The lowest BCUT2D eigenvalue weighted by Crippen LogP contribution is -2.09. The van der Waals surface area contributed by atoms with Crippen LogP contribution in [0.3, 0.4) is 0 Å². The van der Waals surface area contributed by atoms with Crippen molar-refractivity contribution >= 4 is 21.7 Å². The lowest BCUT2D eigenvalue weighted by molar-refractivity contribution is 0.321. The van der Waals surface area contributed by atoms with Gasteiger partial charge in [-0.1, -0.05) is 0 Å². The van der Waals surface area contributed by atoms with Gasteiger partial charge in [-0.05, 0) is 41.1 Å². The fraction of sp³-hybridized carbons (Fsp3) is 0.308. The van der Waals surface area contributed by atoms with E-state index in [1.54, 1.807) is 12.1 Å². The molecule has 102 valence electrons. The molecule has 0 saturated carbocycles. The number of benzene rings is 1. The first-order valence-corrected chi connectivity index (χ1v) is 6.67. The number of nitrogens with one attached hydrogen (secondary N) is 1. The second-order valence-corrected chi connectivity index (χ2v) is 5.00. The molecule has 0 atom stereocenters. The van der Waals surface area contributed by atoms with Gasteiger partial charge in [0.2, 0.25) is 0 Å². The summed E-state index contributed by atoms with van der Waals surface area (Å²) in [6.07, 6.45) is 0. The molecule has 2 aromatic rings. The van der Waals surface area contributed by atoms with Crippen LogP contribution in [0.4, 0.5) is 10.2 Å². The third-order valence-electron chi connectivity index (χ3n) is 2.63. The number of halogens is 2. The van der Waals surface area contributed by atoms with E-state index in [1.165, 1.54) is 6.07 Å². The highest BCUT2D eigenvalue weighted by atomic mass is 79.9. The van der Waals surface area contributed by atoms with Gasteiger partial charge in [-0.15, -0.1) is 0 Å². The maximum Gasteiger partial charge on any atom is 0.165 e. The molecule has 4 nitrogen and oxygen atoms in total. The van der Waals surface area contributed by atoms with Crippen molar-refractivity contribution in [3.8, 4) is 17.0 Å². The number of H-pyrrole nitrogens is 1. The van der Waals surface area contributed by atoms with Gasteiger partial charge in [0.1, 0.15) is 0 Å². The Morgan fingerprint density at radius 1 is 1.42 bits per heavy atom. The van der Waals surface area contributed by atoms with Gasteiger partial charge in [0.25, 0.3) is 0 Å². The predicted molar refractivity (Wildman–Crippen MR) is 77.2 cm³/mol. The molecule has 0 aliphatic carbocycles. The van der Waals surface area contributed by atoms with Crippen LogP contribution in [0.1, 0.15) is 6.92 Å². The second kappa shape index (κ2) is 5.61. The van der Waals surface area contributed by atoms with Crippen LogP contribution in [0.2, 0.25) is 0 Å². The van der Waals surface area contributed by atoms with Crippen LogP contribution in [0.5, 0.6) is 5.75 Å². The summed E-state index contributed by atoms with van der Waals surface area (Å²) >= 11 is 3.47. The van der Waals surface area contributed by atoms with E-state index in [9.17, 15) is 4.39 Å². The smallest absolute Gasteiger partial charge is 0.165 e. The van der Waals surface area contributed by atoms with Gasteiger partial charge >= 0.3 is 0 Å². The number of nitrogens with zero attached hydrogens (tertiary/aromatic N) is 2. The highest BCUT2D eigenvalue weighted by molar-refractivity contribution is 9.10. The molecule has 1 heterocycles. The number of rotatable bonds is 4. The van der Waals surface area contributed by atoms with E-state index in [1.807, 2.05) is 25.9 Å². The molecule has 0 aliphatic heterocycles. The normalized spacial score (nSPS) is 10.6. The Kier molecular flexibility index (Phi) is 4.09. The van der Waals surface area contributed by atoms with Crippen LogP contribution in [0.15, 0.2) is 22.7 Å². The molecule has 19 heavy (non-hydrogen) atoms. The van der Waals surface area contributed by atoms with Crippen molar-refractivity contribution in [3.63, 3.8) is 0 Å². The molecule has 0 aliphatic rings. The van der Waals surface area contributed by atoms with Crippen LogP contribution in [0, 0.1) is 5.82 Å². The van der Waals surface area contributed by atoms with Crippen LogP contribution in [0.25, 0.3) is 11.3 Å². The first-order valence-electron chi connectivity index (χ1n) is 5.88. The second-order valence-electron chi connectivity index (χ2n) is 4.21. The zero-order valence-corrected chi connectivity index (χ0v) is 12.6. The van der Waals surface area contributed by atoms with Gasteiger partial charge in [0, 0.05) is 19.7 Å². The highest BCUT2D eigenvalue weighted by Gasteiger charge is 2.15. The summed E-state index contributed by atoms with van der Waals surface area (Å²) in [4.78, 5) is 1.87. The third kappa shape index (κ3) is 2.73. The van der Waals surface area contributed by atoms with Crippen molar-refractivity contribution in [1.82, 2.24) is 10.2 Å². The molecule has 0 radical (unpaired) electrons. The molecule has 0 bridgehead atoms. The zero-order chi connectivity index (χ0) is 14.0. The molecular weight excluding hydrogens is 313 g/mol. The minimum atomic E-state index is -0.382. The minimum Gasteiger partial charge on any atom is -0.491 e. The summed E-state index contributed by atoms with van der Waals surface area (Å²) in [6, 6.07) is 4.85. The van der Waals surface area contributed by atoms with Crippen LogP contribution >= 0.6 is 15.9 Å². The molecule has 0 unspecified atom stereocenters. The topological polar surface area (TPSA) is 41.1 Å². The quantitative estimate of drug-likeness (QED) is 0.935. The number of hydrogen-bond donors (Lipinski definition) is 1. The molecule has 0 amide bonds. The van der Waals surface area contributed by atoms with Gasteiger partial charge in [-0.3, -0.25) is 5.10 Å². The zero-order valence-electron chi connectivity index (χ0n) is 11.0. The minimum absolute atomic E-state index is 0.259. The third-order valence-corrected chi connectivity index (χ3v) is 3.38. The van der Waals surface area contributed by atoms with E-state index in [0.717, 1.165) is 16.0 Å². The van der Waals surface area contributed by atoms with Gasteiger partial charge in [-0.25, -0.2) is 4.39 Å². The first-order chi connectivity index (χ1) is 9.04. The van der Waals surface area contributed by atoms with E-state index in [0.29, 0.717) is 12.2 Å².